The first-order chi connectivity index (χ1) is 9.13. The molecule has 2 aromatic heterocycles. The van der Waals surface area contributed by atoms with E-state index < -0.39 is 0 Å². The number of nitrogens with one attached hydrogen (secondary N) is 2. The summed E-state index contributed by atoms with van der Waals surface area (Å²) in [5.74, 6) is 0.823. The van der Waals surface area contributed by atoms with Crippen molar-refractivity contribution in [1.82, 2.24) is 30.3 Å². The third-order valence-corrected chi connectivity index (χ3v) is 3.56. The van der Waals surface area contributed by atoms with Crippen molar-refractivity contribution < 1.29 is 0 Å². The lowest BCUT2D eigenvalue weighted by molar-refractivity contribution is 0.491. The number of aryl methyl sites for hydroxylation is 2. The third kappa shape index (κ3) is 3.13. The normalized spacial score (nSPS) is 12.8. The van der Waals surface area contributed by atoms with Crippen molar-refractivity contribution in [3.05, 3.63) is 28.6 Å². The van der Waals surface area contributed by atoms with E-state index in [1.165, 1.54) is 6.33 Å². The van der Waals surface area contributed by atoms with Crippen molar-refractivity contribution in [3.63, 3.8) is 0 Å². The van der Waals surface area contributed by atoms with E-state index in [4.69, 9.17) is 11.6 Å². The molecule has 2 heterocycles. The zero-order valence-corrected chi connectivity index (χ0v) is 12.2. The molecule has 19 heavy (non-hydrogen) atoms. The van der Waals surface area contributed by atoms with Crippen LogP contribution in [0.15, 0.2) is 6.33 Å². The van der Waals surface area contributed by atoms with Gasteiger partial charge in [0.25, 0.3) is 0 Å². The highest BCUT2D eigenvalue weighted by Crippen LogP contribution is 2.24. The molecular weight excluding hydrogens is 264 g/mol. The van der Waals surface area contributed by atoms with Crippen LogP contribution < -0.4 is 5.32 Å². The molecule has 0 bridgehead atoms. The van der Waals surface area contributed by atoms with Crippen molar-refractivity contribution in [2.24, 2.45) is 7.05 Å². The molecule has 0 aromatic carbocycles. The molecule has 0 radical (unpaired) electrons. The Hall–Kier alpha value is -1.40. The van der Waals surface area contributed by atoms with Crippen LogP contribution in [-0.2, 0) is 13.5 Å². The number of rotatable bonds is 6. The van der Waals surface area contributed by atoms with E-state index in [0.29, 0.717) is 0 Å². The minimum atomic E-state index is 0.0646. The molecule has 104 valence electrons. The molecule has 2 rings (SSSR count). The Bertz CT molecular complexity index is 519. The van der Waals surface area contributed by atoms with Crippen LogP contribution in [0.3, 0.4) is 0 Å². The van der Waals surface area contributed by atoms with Gasteiger partial charge in [-0.2, -0.15) is 10.2 Å². The number of nitrogens with zero attached hydrogens (tertiary/aromatic N) is 4. The molecule has 6 nitrogen and oxygen atoms in total. The minimum absolute atomic E-state index is 0.0646. The molecule has 7 heteroatoms. The van der Waals surface area contributed by atoms with Crippen LogP contribution in [-0.4, -0.2) is 31.5 Å². The maximum atomic E-state index is 6.30. The van der Waals surface area contributed by atoms with E-state index in [1.807, 2.05) is 18.7 Å². The largest absolute Gasteiger partial charge is 0.307 e. The van der Waals surface area contributed by atoms with Crippen molar-refractivity contribution in [3.8, 4) is 0 Å². The van der Waals surface area contributed by atoms with Crippen molar-refractivity contribution >= 4 is 11.6 Å². The lowest BCUT2D eigenvalue weighted by Crippen LogP contribution is -2.26. The molecule has 0 saturated carbocycles. The van der Waals surface area contributed by atoms with Gasteiger partial charge in [-0.15, -0.1) is 0 Å². The summed E-state index contributed by atoms with van der Waals surface area (Å²) < 4.78 is 1.83. The summed E-state index contributed by atoms with van der Waals surface area (Å²) in [6, 6.07) is 0.0646. The topological polar surface area (TPSA) is 71.4 Å². The van der Waals surface area contributed by atoms with E-state index in [-0.39, 0.29) is 6.04 Å². The lowest BCUT2D eigenvalue weighted by atomic mass is 10.1. The molecule has 0 saturated heterocycles. The standard InChI is InChI=1S/C12H19ClN6/c1-4-5-14-9(12-15-7-16-17-12)6-10-11(13)8(2)18-19(10)3/h7,9,14H,4-6H2,1-3H3,(H,15,16,17). The van der Waals surface area contributed by atoms with Crippen LogP contribution in [0, 0.1) is 6.92 Å². The Labute approximate surface area is 117 Å². The Morgan fingerprint density at radius 3 is 2.84 bits per heavy atom. The summed E-state index contributed by atoms with van der Waals surface area (Å²) >= 11 is 6.30. The highest BCUT2D eigenvalue weighted by molar-refractivity contribution is 6.31. The predicted molar refractivity (Wildman–Crippen MR) is 74.1 cm³/mol. The highest BCUT2D eigenvalue weighted by Gasteiger charge is 2.19. The van der Waals surface area contributed by atoms with E-state index in [1.54, 1.807) is 0 Å². The Kier molecular flexibility index (Phi) is 4.55. The Balaban J connectivity index is 2.20. The first kappa shape index (κ1) is 14.0. The molecule has 2 aromatic rings. The van der Waals surface area contributed by atoms with Gasteiger partial charge in [-0.05, 0) is 19.9 Å². The highest BCUT2D eigenvalue weighted by atomic mass is 35.5. The van der Waals surface area contributed by atoms with Gasteiger partial charge in [-0.25, -0.2) is 4.98 Å². The lowest BCUT2D eigenvalue weighted by Gasteiger charge is -2.16. The fraction of sp³-hybridized carbons (Fsp3) is 0.583. The van der Waals surface area contributed by atoms with Crippen molar-refractivity contribution in [2.45, 2.75) is 32.7 Å². The van der Waals surface area contributed by atoms with Crippen LogP contribution in [0.1, 0.15) is 36.6 Å². The van der Waals surface area contributed by atoms with Crippen molar-refractivity contribution in [2.75, 3.05) is 6.54 Å². The second kappa shape index (κ2) is 6.16. The third-order valence-electron chi connectivity index (χ3n) is 3.06. The Morgan fingerprint density at radius 1 is 1.53 bits per heavy atom. The van der Waals surface area contributed by atoms with E-state index in [2.05, 4.69) is 32.5 Å². The van der Waals surface area contributed by atoms with Crippen LogP contribution in [0.25, 0.3) is 0 Å². The quantitative estimate of drug-likeness (QED) is 0.847. The number of hydrogen-bond acceptors (Lipinski definition) is 4. The van der Waals surface area contributed by atoms with Gasteiger partial charge in [0.15, 0.2) is 0 Å². The maximum absolute atomic E-state index is 6.30. The molecule has 0 fully saturated rings. The molecule has 0 aliphatic rings. The minimum Gasteiger partial charge on any atom is -0.307 e. The second-order valence-corrected chi connectivity index (χ2v) is 4.93. The van der Waals surface area contributed by atoms with E-state index in [0.717, 1.165) is 41.6 Å². The molecule has 0 amide bonds. The van der Waals surface area contributed by atoms with Gasteiger partial charge in [0.05, 0.1) is 22.5 Å². The van der Waals surface area contributed by atoms with Gasteiger partial charge in [-0.1, -0.05) is 18.5 Å². The van der Waals surface area contributed by atoms with Gasteiger partial charge >= 0.3 is 0 Å². The SMILES string of the molecule is CCCNC(Cc1c(Cl)c(C)nn1C)c1ncn[nH]1. The van der Waals surface area contributed by atoms with Crippen LogP contribution >= 0.6 is 11.6 Å². The predicted octanol–water partition coefficient (Wildman–Crippen LogP) is 1.78. The first-order valence-electron chi connectivity index (χ1n) is 6.40. The fourth-order valence-electron chi connectivity index (χ4n) is 2.06. The smallest absolute Gasteiger partial charge is 0.141 e. The zero-order valence-electron chi connectivity index (χ0n) is 11.4. The fourth-order valence-corrected chi connectivity index (χ4v) is 2.30. The molecule has 1 atom stereocenters. The molecule has 2 N–H and O–H groups in total. The average Bonchev–Trinajstić information content (AvgIpc) is 2.98. The summed E-state index contributed by atoms with van der Waals surface area (Å²) in [6.07, 6.45) is 3.31. The van der Waals surface area contributed by atoms with Crippen LogP contribution in [0.5, 0.6) is 0 Å². The number of aromatic nitrogens is 5. The number of aromatic amines is 1. The summed E-state index contributed by atoms with van der Waals surface area (Å²) in [5, 5.41) is 15.3. The number of hydrogen-bond donors (Lipinski definition) is 2. The van der Waals surface area contributed by atoms with Gasteiger partial charge < -0.3 is 5.32 Å². The van der Waals surface area contributed by atoms with E-state index >= 15 is 0 Å². The van der Waals surface area contributed by atoms with Gasteiger partial charge in [0.1, 0.15) is 12.2 Å². The maximum Gasteiger partial charge on any atom is 0.141 e. The molecule has 1 unspecified atom stereocenters. The molecule has 0 aliphatic heterocycles. The summed E-state index contributed by atoms with van der Waals surface area (Å²) in [6.45, 7) is 4.96. The van der Waals surface area contributed by atoms with Crippen LogP contribution in [0.4, 0.5) is 0 Å². The number of halogens is 1. The zero-order chi connectivity index (χ0) is 13.8. The van der Waals surface area contributed by atoms with Gasteiger partial charge in [-0.3, -0.25) is 9.78 Å². The molecular formula is C12H19ClN6. The summed E-state index contributed by atoms with van der Waals surface area (Å²) in [7, 11) is 1.91. The van der Waals surface area contributed by atoms with Crippen molar-refractivity contribution in [1.29, 1.82) is 0 Å². The van der Waals surface area contributed by atoms with Gasteiger partial charge in [0.2, 0.25) is 0 Å². The van der Waals surface area contributed by atoms with Gasteiger partial charge in [0, 0.05) is 13.5 Å². The van der Waals surface area contributed by atoms with Crippen LogP contribution in [0.2, 0.25) is 5.02 Å². The second-order valence-electron chi connectivity index (χ2n) is 4.55. The first-order valence-corrected chi connectivity index (χ1v) is 6.77. The Morgan fingerprint density at radius 2 is 2.32 bits per heavy atom. The number of H-pyrrole nitrogens is 1. The summed E-state index contributed by atoms with van der Waals surface area (Å²) in [4.78, 5) is 4.23. The van der Waals surface area contributed by atoms with E-state index in [9.17, 15) is 0 Å². The summed E-state index contributed by atoms with van der Waals surface area (Å²) in [5.41, 5.74) is 1.86. The monoisotopic (exact) mass is 282 g/mol. The molecule has 0 spiro atoms. The molecule has 0 aliphatic carbocycles. The average molecular weight is 283 g/mol.